The minimum Gasteiger partial charge on any atom is -0.489 e. The Morgan fingerprint density at radius 2 is 1.40 bits per heavy atom. The average Bonchev–Trinajstić information content (AvgIpc) is 2.77. The lowest BCUT2D eigenvalue weighted by atomic mass is 10.0. The van der Waals surface area contributed by atoms with Crippen molar-refractivity contribution in [2.24, 2.45) is 0 Å². The molecule has 3 aromatic rings. The minimum atomic E-state index is -0.994. The van der Waals surface area contributed by atoms with Crippen molar-refractivity contribution < 1.29 is 28.6 Å². The summed E-state index contributed by atoms with van der Waals surface area (Å²) in [6.07, 6.45) is -0.584. The van der Waals surface area contributed by atoms with Crippen molar-refractivity contribution in [2.45, 2.75) is 19.1 Å². The van der Waals surface area contributed by atoms with Gasteiger partial charge in [-0.3, -0.25) is 4.79 Å². The fourth-order valence-corrected chi connectivity index (χ4v) is 2.89. The SMILES string of the molecule is CO[C@@H](Cc1ccc(COc2ccc(C(=O)c3ccc(F)cc3)cc2)cc1)C(=O)O. The van der Waals surface area contributed by atoms with Gasteiger partial charge in [-0.2, -0.15) is 0 Å². The minimum absolute atomic E-state index is 0.187. The number of halogens is 1. The molecule has 0 unspecified atom stereocenters. The highest BCUT2D eigenvalue weighted by atomic mass is 19.1. The molecule has 0 heterocycles. The quantitative estimate of drug-likeness (QED) is 0.535. The summed E-state index contributed by atoms with van der Waals surface area (Å²) in [6, 6.07) is 19.6. The summed E-state index contributed by atoms with van der Waals surface area (Å²) in [6.45, 7) is 0.332. The van der Waals surface area contributed by atoms with Crippen LogP contribution < -0.4 is 4.74 Å². The normalized spacial score (nSPS) is 11.7. The lowest BCUT2D eigenvalue weighted by Crippen LogP contribution is -2.24. The summed E-state index contributed by atoms with van der Waals surface area (Å²) in [5.41, 5.74) is 2.69. The van der Waals surface area contributed by atoms with Crippen LogP contribution in [-0.2, 0) is 22.6 Å². The molecule has 0 spiro atoms. The fraction of sp³-hybridized carbons (Fsp3) is 0.167. The molecule has 0 aliphatic heterocycles. The topological polar surface area (TPSA) is 72.8 Å². The molecule has 6 heteroatoms. The van der Waals surface area contributed by atoms with E-state index in [2.05, 4.69) is 0 Å². The number of ketones is 1. The van der Waals surface area contributed by atoms with Gasteiger partial charge in [-0.25, -0.2) is 9.18 Å². The highest BCUT2D eigenvalue weighted by molar-refractivity contribution is 6.08. The first-order valence-electron chi connectivity index (χ1n) is 9.33. The summed E-state index contributed by atoms with van der Waals surface area (Å²) >= 11 is 0. The monoisotopic (exact) mass is 408 g/mol. The number of carbonyl (C=O) groups excluding carboxylic acids is 1. The molecule has 0 fully saturated rings. The number of carbonyl (C=O) groups is 2. The smallest absolute Gasteiger partial charge is 0.333 e. The van der Waals surface area contributed by atoms with Gasteiger partial charge in [0.1, 0.15) is 18.2 Å². The van der Waals surface area contributed by atoms with Gasteiger partial charge in [-0.1, -0.05) is 24.3 Å². The lowest BCUT2D eigenvalue weighted by Gasteiger charge is -2.11. The molecule has 0 aromatic heterocycles. The molecule has 0 bridgehead atoms. The Bertz CT molecular complexity index is 995. The second-order valence-corrected chi connectivity index (χ2v) is 6.73. The van der Waals surface area contributed by atoms with Crippen LogP contribution >= 0.6 is 0 Å². The Balaban J connectivity index is 1.56. The number of hydrogen-bond acceptors (Lipinski definition) is 4. The van der Waals surface area contributed by atoms with Crippen LogP contribution in [0.15, 0.2) is 72.8 Å². The number of rotatable bonds is 9. The summed E-state index contributed by atoms with van der Waals surface area (Å²) in [7, 11) is 1.37. The molecule has 154 valence electrons. The molecule has 0 aliphatic carbocycles. The van der Waals surface area contributed by atoms with Gasteiger partial charge in [-0.15, -0.1) is 0 Å². The van der Waals surface area contributed by atoms with Crippen LogP contribution in [0.5, 0.6) is 5.75 Å². The molecular weight excluding hydrogens is 387 g/mol. The first kappa shape index (κ1) is 21.2. The molecule has 3 aromatic carbocycles. The number of hydrogen-bond donors (Lipinski definition) is 1. The van der Waals surface area contributed by atoms with Crippen molar-refractivity contribution in [3.63, 3.8) is 0 Å². The van der Waals surface area contributed by atoms with Crippen LogP contribution in [-0.4, -0.2) is 30.1 Å². The van der Waals surface area contributed by atoms with Gasteiger partial charge < -0.3 is 14.6 Å². The van der Waals surface area contributed by atoms with Crippen LogP contribution in [0.4, 0.5) is 4.39 Å². The number of aliphatic carboxylic acids is 1. The molecule has 0 radical (unpaired) electrons. The van der Waals surface area contributed by atoms with Gasteiger partial charge in [-0.05, 0) is 59.7 Å². The van der Waals surface area contributed by atoms with E-state index in [1.54, 1.807) is 24.3 Å². The Morgan fingerprint density at radius 1 is 0.867 bits per heavy atom. The lowest BCUT2D eigenvalue weighted by molar-refractivity contribution is -0.148. The molecular formula is C24H21FO5. The highest BCUT2D eigenvalue weighted by Gasteiger charge is 2.16. The van der Waals surface area contributed by atoms with Gasteiger partial charge in [0.2, 0.25) is 0 Å². The second kappa shape index (κ2) is 9.80. The Kier molecular flexibility index (Phi) is 6.93. The molecule has 0 amide bonds. The van der Waals surface area contributed by atoms with Gasteiger partial charge in [0, 0.05) is 24.7 Å². The maximum atomic E-state index is 13.0. The van der Waals surface area contributed by atoms with Gasteiger partial charge in [0.15, 0.2) is 11.9 Å². The number of ether oxygens (including phenoxy) is 2. The number of carboxylic acid groups (broad SMARTS) is 1. The van der Waals surface area contributed by atoms with E-state index in [-0.39, 0.29) is 18.0 Å². The summed E-state index contributed by atoms with van der Waals surface area (Å²) in [5.74, 6) is -0.956. The van der Waals surface area contributed by atoms with E-state index >= 15 is 0 Å². The Labute approximate surface area is 173 Å². The van der Waals surface area contributed by atoms with Crippen LogP contribution in [0, 0.1) is 5.82 Å². The fourth-order valence-electron chi connectivity index (χ4n) is 2.89. The van der Waals surface area contributed by atoms with Crippen molar-refractivity contribution in [1.82, 2.24) is 0 Å². The molecule has 0 saturated carbocycles. The van der Waals surface area contributed by atoms with Crippen LogP contribution in [0.2, 0.25) is 0 Å². The zero-order valence-electron chi connectivity index (χ0n) is 16.4. The van der Waals surface area contributed by atoms with E-state index in [0.717, 1.165) is 11.1 Å². The van der Waals surface area contributed by atoms with E-state index in [4.69, 9.17) is 14.6 Å². The molecule has 5 nitrogen and oxygen atoms in total. The number of carboxylic acids is 1. The van der Waals surface area contributed by atoms with Crippen molar-refractivity contribution in [3.8, 4) is 5.75 Å². The van der Waals surface area contributed by atoms with E-state index in [1.165, 1.54) is 31.4 Å². The molecule has 1 atom stereocenters. The summed E-state index contributed by atoms with van der Waals surface area (Å²) < 4.78 is 23.7. The van der Waals surface area contributed by atoms with Gasteiger partial charge in [0.25, 0.3) is 0 Å². The zero-order valence-corrected chi connectivity index (χ0v) is 16.4. The van der Waals surface area contributed by atoms with Gasteiger partial charge >= 0.3 is 5.97 Å². The van der Waals surface area contributed by atoms with E-state index in [1.807, 2.05) is 24.3 Å². The average molecular weight is 408 g/mol. The third kappa shape index (κ3) is 5.52. The largest absolute Gasteiger partial charge is 0.489 e. The van der Waals surface area contributed by atoms with Crippen molar-refractivity contribution in [1.29, 1.82) is 0 Å². The second-order valence-electron chi connectivity index (χ2n) is 6.73. The standard InChI is InChI=1S/C24H21FO5/c1-29-22(24(27)28)14-16-2-4-17(5-3-16)15-30-21-12-8-19(9-13-21)23(26)18-6-10-20(25)11-7-18/h2-13,22H,14-15H2,1H3,(H,27,28)/t22-/m0/s1. The van der Waals surface area contributed by atoms with Crippen LogP contribution in [0.1, 0.15) is 27.0 Å². The van der Waals surface area contributed by atoms with E-state index < -0.39 is 12.1 Å². The summed E-state index contributed by atoms with van der Waals surface area (Å²) in [5, 5.41) is 9.05. The van der Waals surface area contributed by atoms with Gasteiger partial charge in [0.05, 0.1) is 0 Å². The Morgan fingerprint density at radius 3 is 1.93 bits per heavy atom. The van der Waals surface area contributed by atoms with Crippen molar-refractivity contribution in [3.05, 3.63) is 101 Å². The van der Waals surface area contributed by atoms with Crippen molar-refractivity contribution in [2.75, 3.05) is 7.11 Å². The maximum Gasteiger partial charge on any atom is 0.333 e. The predicted molar refractivity (Wildman–Crippen MR) is 109 cm³/mol. The van der Waals surface area contributed by atoms with E-state index in [0.29, 0.717) is 23.5 Å². The third-order valence-corrected chi connectivity index (χ3v) is 4.63. The maximum absolute atomic E-state index is 13.0. The highest BCUT2D eigenvalue weighted by Crippen LogP contribution is 2.18. The zero-order chi connectivity index (χ0) is 21.5. The number of benzene rings is 3. The number of methoxy groups -OCH3 is 1. The van der Waals surface area contributed by atoms with Crippen LogP contribution in [0.25, 0.3) is 0 Å². The molecule has 3 rings (SSSR count). The molecule has 30 heavy (non-hydrogen) atoms. The molecule has 1 N–H and O–H groups in total. The van der Waals surface area contributed by atoms with E-state index in [9.17, 15) is 14.0 Å². The first-order chi connectivity index (χ1) is 14.5. The summed E-state index contributed by atoms with van der Waals surface area (Å²) in [4.78, 5) is 23.5. The molecule has 0 saturated heterocycles. The van der Waals surface area contributed by atoms with Crippen molar-refractivity contribution >= 4 is 11.8 Å². The third-order valence-electron chi connectivity index (χ3n) is 4.63. The van der Waals surface area contributed by atoms with Crippen LogP contribution in [0.3, 0.4) is 0 Å². The Hall–Kier alpha value is -3.51. The predicted octanol–water partition coefficient (Wildman–Crippen LogP) is 4.28. The molecule has 0 aliphatic rings. The first-order valence-corrected chi connectivity index (χ1v) is 9.33.